The summed E-state index contributed by atoms with van der Waals surface area (Å²) in [5.74, 6) is 0.609. The van der Waals surface area contributed by atoms with E-state index in [9.17, 15) is 4.79 Å². The lowest BCUT2D eigenvalue weighted by Crippen LogP contribution is -2.33. The molecule has 112 valence electrons. The molecule has 1 aromatic rings. The summed E-state index contributed by atoms with van der Waals surface area (Å²) in [4.78, 5) is 13.2. The Morgan fingerprint density at radius 2 is 2.00 bits per heavy atom. The van der Waals surface area contributed by atoms with Gasteiger partial charge in [-0.1, -0.05) is 19.1 Å². The van der Waals surface area contributed by atoms with Crippen LogP contribution in [0.5, 0.6) is 5.75 Å². The second-order valence-corrected chi connectivity index (χ2v) is 4.48. The maximum absolute atomic E-state index is 11.2. The number of benzene rings is 1. The third-order valence-corrected chi connectivity index (χ3v) is 3.06. The Morgan fingerprint density at radius 3 is 2.55 bits per heavy atom. The van der Waals surface area contributed by atoms with Gasteiger partial charge in [0, 0.05) is 6.54 Å². The first-order chi connectivity index (χ1) is 9.69. The SMILES string of the molecule is CCN(CCOc1ccc(CCN)cc1)CC(=O)OC. The van der Waals surface area contributed by atoms with Gasteiger partial charge in [0.15, 0.2) is 0 Å². The summed E-state index contributed by atoms with van der Waals surface area (Å²) in [7, 11) is 1.40. The predicted octanol–water partition coefficient (Wildman–Crippen LogP) is 1.06. The largest absolute Gasteiger partial charge is 0.492 e. The van der Waals surface area contributed by atoms with Crippen LogP contribution in [0.15, 0.2) is 24.3 Å². The molecule has 0 unspecified atom stereocenters. The van der Waals surface area contributed by atoms with E-state index in [1.165, 1.54) is 12.7 Å². The van der Waals surface area contributed by atoms with Gasteiger partial charge in [-0.3, -0.25) is 9.69 Å². The smallest absolute Gasteiger partial charge is 0.319 e. The average molecular weight is 280 g/mol. The first-order valence-electron chi connectivity index (χ1n) is 6.90. The summed E-state index contributed by atoms with van der Waals surface area (Å²) >= 11 is 0. The van der Waals surface area contributed by atoms with Crippen molar-refractivity contribution in [3.8, 4) is 5.75 Å². The fraction of sp³-hybridized carbons (Fsp3) is 0.533. The first kappa shape index (κ1) is 16.5. The quantitative estimate of drug-likeness (QED) is 0.685. The molecule has 2 N–H and O–H groups in total. The Kier molecular flexibility index (Phi) is 7.69. The summed E-state index contributed by atoms with van der Waals surface area (Å²) in [6, 6.07) is 7.94. The van der Waals surface area contributed by atoms with Crippen molar-refractivity contribution >= 4 is 5.97 Å². The number of carbonyl (C=O) groups is 1. The standard InChI is InChI=1S/C15H24N2O3/c1-3-17(12-15(18)19-2)10-11-20-14-6-4-13(5-7-14)8-9-16/h4-7H,3,8-12,16H2,1-2H3. The van der Waals surface area contributed by atoms with E-state index in [1.807, 2.05) is 36.1 Å². The van der Waals surface area contributed by atoms with Gasteiger partial charge < -0.3 is 15.2 Å². The number of hydrogen-bond donors (Lipinski definition) is 1. The summed E-state index contributed by atoms with van der Waals surface area (Å²) in [6.45, 7) is 4.97. The first-order valence-corrected chi connectivity index (χ1v) is 6.90. The van der Waals surface area contributed by atoms with E-state index in [0.29, 0.717) is 26.2 Å². The van der Waals surface area contributed by atoms with E-state index < -0.39 is 0 Å². The molecule has 0 aliphatic rings. The van der Waals surface area contributed by atoms with Gasteiger partial charge in [-0.25, -0.2) is 0 Å². The molecule has 1 aromatic carbocycles. The number of hydrogen-bond acceptors (Lipinski definition) is 5. The minimum Gasteiger partial charge on any atom is -0.492 e. The number of esters is 1. The van der Waals surface area contributed by atoms with Crippen LogP contribution in [-0.4, -0.2) is 50.8 Å². The Labute approximate surface area is 120 Å². The van der Waals surface area contributed by atoms with Crippen molar-refractivity contribution in [3.63, 3.8) is 0 Å². The lowest BCUT2D eigenvalue weighted by Gasteiger charge is -2.18. The number of carbonyl (C=O) groups excluding carboxylic acids is 1. The minimum absolute atomic E-state index is 0.224. The molecule has 5 nitrogen and oxygen atoms in total. The third kappa shape index (κ3) is 6.04. The summed E-state index contributed by atoms with van der Waals surface area (Å²) in [5.41, 5.74) is 6.71. The fourth-order valence-corrected chi connectivity index (χ4v) is 1.81. The highest BCUT2D eigenvalue weighted by Crippen LogP contribution is 2.12. The lowest BCUT2D eigenvalue weighted by molar-refractivity contribution is -0.141. The van der Waals surface area contributed by atoms with Crippen LogP contribution in [0, 0.1) is 0 Å². The number of methoxy groups -OCH3 is 1. The summed E-state index contributed by atoms with van der Waals surface area (Å²) in [5, 5.41) is 0. The van der Waals surface area contributed by atoms with Crippen molar-refractivity contribution < 1.29 is 14.3 Å². The van der Waals surface area contributed by atoms with Crippen LogP contribution < -0.4 is 10.5 Å². The summed E-state index contributed by atoms with van der Waals surface area (Å²) in [6.07, 6.45) is 0.878. The zero-order valence-electron chi connectivity index (χ0n) is 12.3. The molecule has 0 fully saturated rings. The highest BCUT2D eigenvalue weighted by molar-refractivity contribution is 5.71. The van der Waals surface area contributed by atoms with Crippen LogP contribution in [0.25, 0.3) is 0 Å². The molecule has 0 amide bonds. The molecule has 0 aromatic heterocycles. The Balaban J connectivity index is 2.33. The van der Waals surface area contributed by atoms with Crippen LogP contribution >= 0.6 is 0 Å². The predicted molar refractivity (Wildman–Crippen MR) is 78.8 cm³/mol. The van der Waals surface area contributed by atoms with E-state index >= 15 is 0 Å². The molecular formula is C15H24N2O3. The lowest BCUT2D eigenvalue weighted by atomic mass is 10.1. The van der Waals surface area contributed by atoms with Crippen LogP contribution in [0.2, 0.25) is 0 Å². The maximum atomic E-state index is 11.2. The highest BCUT2D eigenvalue weighted by Gasteiger charge is 2.08. The zero-order valence-corrected chi connectivity index (χ0v) is 12.3. The van der Waals surface area contributed by atoms with Gasteiger partial charge in [0.25, 0.3) is 0 Å². The van der Waals surface area contributed by atoms with Gasteiger partial charge in [-0.2, -0.15) is 0 Å². The van der Waals surface area contributed by atoms with Gasteiger partial charge in [-0.05, 0) is 37.2 Å². The molecule has 0 spiro atoms. The van der Waals surface area contributed by atoms with E-state index in [0.717, 1.165) is 18.7 Å². The van der Waals surface area contributed by atoms with Crippen LogP contribution in [0.4, 0.5) is 0 Å². The molecule has 0 saturated carbocycles. The molecular weight excluding hydrogens is 256 g/mol. The Bertz CT molecular complexity index is 393. The molecule has 0 atom stereocenters. The molecule has 0 aliphatic heterocycles. The second kappa shape index (κ2) is 9.34. The molecule has 0 heterocycles. The molecule has 0 aliphatic carbocycles. The molecule has 5 heteroatoms. The van der Waals surface area contributed by atoms with Gasteiger partial charge in [0.1, 0.15) is 12.4 Å². The number of nitrogens with zero attached hydrogens (tertiary/aromatic N) is 1. The van der Waals surface area contributed by atoms with Crippen LogP contribution in [0.1, 0.15) is 12.5 Å². The zero-order chi connectivity index (χ0) is 14.8. The number of nitrogens with two attached hydrogens (primary N) is 1. The van der Waals surface area contributed by atoms with Gasteiger partial charge in [-0.15, -0.1) is 0 Å². The normalized spacial score (nSPS) is 10.6. The van der Waals surface area contributed by atoms with Crippen molar-refractivity contribution in [3.05, 3.63) is 29.8 Å². The second-order valence-electron chi connectivity index (χ2n) is 4.48. The van der Waals surface area contributed by atoms with Crippen molar-refractivity contribution in [2.45, 2.75) is 13.3 Å². The van der Waals surface area contributed by atoms with E-state index in [4.69, 9.17) is 10.5 Å². The van der Waals surface area contributed by atoms with Gasteiger partial charge in [0.2, 0.25) is 0 Å². The number of likely N-dealkylation sites (N-methyl/N-ethyl adjacent to an activating group) is 1. The molecule has 0 saturated heterocycles. The summed E-state index contributed by atoms with van der Waals surface area (Å²) < 4.78 is 10.3. The van der Waals surface area contributed by atoms with E-state index in [2.05, 4.69) is 4.74 Å². The highest BCUT2D eigenvalue weighted by atomic mass is 16.5. The number of ether oxygens (including phenoxy) is 2. The molecule has 0 radical (unpaired) electrons. The Hall–Kier alpha value is -1.59. The monoisotopic (exact) mass is 280 g/mol. The van der Waals surface area contributed by atoms with Crippen LogP contribution in [-0.2, 0) is 16.0 Å². The van der Waals surface area contributed by atoms with Gasteiger partial charge >= 0.3 is 5.97 Å². The molecule has 20 heavy (non-hydrogen) atoms. The number of rotatable bonds is 9. The van der Waals surface area contributed by atoms with Crippen molar-refractivity contribution in [2.75, 3.05) is 39.9 Å². The fourth-order valence-electron chi connectivity index (χ4n) is 1.81. The van der Waals surface area contributed by atoms with E-state index in [1.54, 1.807) is 0 Å². The van der Waals surface area contributed by atoms with Crippen molar-refractivity contribution in [1.29, 1.82) is 0 Å². The van der Waals surface area contributed by atoms with E-state index in [-0.39, 0.29) is 5.97 Å². The average Bonchev–Trinajstić information content (AvgIpc) is 2.48. The van der Waals surface area contributed by atoms with Crippen LogP contribution in [0.3, 0.4) is 0 Å². The van der Waals surface area contributed by atoms with Gasteiger partial charge in [0.05, 0.1) is 13.7 Å². The maximum Gasteiger partial charge on any atom is 0.319 e. The molecule has 0 bridgehead atoms. The van der Waals surface area contributed by atoms with Crippen molar-refractivity contribution in [1.82, 2.24) is 4.90 Å². The topological polar surface area (TPSA) is 64.8 Å². The minimum atomic E-state index is -0.224. The molecule has 1 rings (SSSR count). The Morgan fingerprint density at radius 1 is 1.30 bits per heavy atom. The van der Waals surface area contributed by atoms with Crippen molar-refractivity contribution in [2.24, 2.45) is 5.73 Å². The third-order valence-electron chi connectivity index (χ3n) is 3.06.